The van der Waals surface area contributed by atoms with Crippen molar-refractivity contribution in [3.05, 3.63) is 39.0 Å². The lowest BCUT2D eigenvalue weighted by atomic mass is 10.2. The zero-order valence-electron chi connectivity index (χ0n) is 9.64. The molecule has 1 heterocycles. The highest BCUT2D eigenvalue weighted by Gasteiger charge is 2.10. The molecule has 0 saturated heterocycles. The van der Waals surface area contributed by atoms with E-state index in [4.69, 9.17) is 10.5 Å². The molecule has 2 N–H and O–H groups in total. The third kappa shape index (κ3) is 1.62. The molecule has 0 atom stereocenters. The summed E-state index contributed by atoms with van der Waals surface area (Å²) < 4.78 is 7.44. The Morgan fingerprint density at radius 1 is 1.35 bits per heavy atom. The van der Waals surface area contributed by atoms with E-state index in [1.54, 1.807) is 25.2 Å². The van der Waals surface area contributed by atoms with Gasteiger partial charge in [0.15, 0.2) is 0 Å². The summed E-state index contributed by atoms with van der Waals surface area (Å²) in [6.07, 6.45) is 0. The fourth-order valence-corrected chi connectivity index (χ4v) is 1.77. The second-order valence-corrected chi connectivity index (χ2v) is 3.64. The van der Waals surface area contributed by atoms with Gasteiger partial charge < -0.3 is 10.5 Å². The molecule has 0 saturated carbocycles. The van der Waals surface area contributed by atoms with Crippen LogP contribution in [-0.2, 0) is 13.7 Å². The highest BCUT2D eigenvalue weighted by Crippen LogP contribution is 2.16. The first-order valence-electron chi connectivity index (χ1n) is 5.07. The standard InChI is InChI=1S/C11H13N3O3/c1-13-9-5-7(17-2)3-4-8(9)10(15)14(6-12)11(13)16/h3-5H,6,12H2,1-2H3. The highest BCUT2D eigenvalue weighted by molar-refractivity contribution is 5.79. The van der Waals surface area contributed by atoms with Crippen LogP contribution >= 0.6 is 0 Å². The fraction of sp³-hybridized carbons (Fsp3) is 0.273. The molecule has 17 heavy (non-hydrogen) atoms. The number of fused-ring (bicyclic) bond motifs is 1. The van der Waals surface area contributed by atoms with Gasteiger partial charge in [-0.3, -0.25) is 9.36 Å². The first kappa shape index (κ1) is 11.4. The molecule has 6 nitrogen and oxygen atoms in total. The summed E-state index contributed by atoms with van der Waals surface area (Å²) in [5, 5.41) is 0.443. The van der Waals surface area contributed by atoms with E-state index in [1.807, 2.05) is 0 Å². The van der Waals surface area contributed by atoms with Gasteiger partial charge >= 0.3 is 5.69 Å². The van der Waals surface area contributed by atoms with Gasteiger partial charge in [-0.25, -0.2) is 9.36 Å². The van der Waals surface area contributed by atoms with Crippen LogP contribution in [0, 0.1) is 0 Å². The molecule has 0 fully saturated rings. The zero-order chi connectivity index (χ0) is 12.6. The second-order valence-electron chi connectivity index (χ2n) is 3.64. The Balaban J connectivity index is 2.98. The molecule has 2 aromatic rings. The van der Waals surface area contributed by atoms with E-state index >= 15 is 0 Å². The average Bonchev–Trinajstić information content (AvgIpc) is 2.36. The largest absolute Gasteiger partial charge is 0.497 e. The van der Waals surface area contributed by atoms with Crippen LogP contribution in [-0.4, -0.2) is 16.2 Å². The van der Waals surface area contributed by atoms with Gasteiger partial charge in [-0.2, -0.15) is 0 Å². The van der Waals surface area contributed by atoms with Crippen LogP contribution in [0.15, 0.2) is 27.8 Å². The first-order valence-corrected chi connectivity index (χ1v) is 5.07. The lowest BCUT2D eigenvalue weighted by Crippen LogP contribution is -2.41. The van der Waals surface area contributed by atoms with Crippen LogP contribution in [0.1, 0.15) is 0 Å². The summed E-state index contributed by atoms with van der Waals surface area (Å²) in [4.78, 5) is 23.8. The fourth-order valence-electron chi connectivity index (χ4n) is 1.77. The third-order valence-electron chi connectivity index (χ3n) is 2.74. The predicted molar refractivity (Wildman–Crippen MR) is 64.2 cm³/mol. The summed E-state index contributed by atoms with van der Waals surface area (Å²) in [5.41, 5.74) is 5.11. The molecule has 6 heteroatoms. The van der Waals surface area contributed by atoms with E-state index in [-0.39, 0.29) is 12.2 Å². The van der Waals surface area contributed by atoms with Crippen LogP contribution in [0.5, 0.6) is 5.75 Å². The van der Waals surface area contributed by atoms with Gasteiger partial charge in [-0.05, 0) is 12.1 Å². The van der Waals surface area contributed by atoms with Crippen molar-refractivity contribution in [3.8, 4) is 5.75 Å². The molecule has 0 bridgehead atoms. The van der Waals surface area contributed by atoms with Crippen molar-refractivity contribution in [1.29, 1.82) is 0 Å². The summed E-state index contributed by atoms with van der Waals surface area (Å²) in [6.45, 7) is -0.131. The van der Waals surface area contributed by atoms with Crippen molar-refractivity contribution in [1.82, 2.24) is 9.13 Å². The van der Waals surface area contributed by atoms with E-state index in [0.717, 1.165) is 4.57 Å². The normalized spacial score (nSPS) is 10.8. The highest BCUT2D eigenvalue weighted by atomic mass is 16.5. The molecule has 2 rings (SSSR count). The maximum atomic E-state index is 12.0. The van der Waals surface area contributed by atoms with Crippen molar-refractivity contribution < 1.29 is 4.74 Å². The molecular weight excluding hydrogens is 222 g/mol. The smallest absolute Gasteiger partial charge is 0.332 e. The number of methoxy groups -OCH3 is 1. The molecule has 0 aliphatic heterocycles. The van der Waals surface area contributed by atoms with Gasteiger partial charge in [0.1, 0.15) is 5.75 Å². The van der Waals surface area contributed by atoms with Gasteiger partial charge in [0.25, 0.3) is 5.56 Å². The Labute approximate surface area is 96.8 Å². The van der Waals surface area contributed by atoms with Crippen molar-refractivity contribution in [3.63, 3.8) is 0 Å². The average molecular weight is 235 g/mol. The SMILES string of the molecule is COc1ccc2c(=O)n(CN)c(=O)n(C)c2c1. The summed E-state index contributed by atoms with van der Waals surface area (Å²) in [5.74, 6) is 0.595. The van der Waals surface area contributed by atoms with Crippen molar-refractivity contribution in [2.45, 2.75) is 6.67 Å². The molecule has 0 aliphatic carbocycles. The number of aryl methyl sites for hydroxylation is 1. The van der Waals surface area contributed by atoms with Crippen LogP contribution in [0.2, 0.25) is 0 Å². The lowest BCUT2D eigenvalue weighted by Gasteiger charge is -2.09. The molecule has 0 amide bonds. The second kappa shape index (κ2) is 4.06. The molecule has 0 aliphatic rings. The molecule has 90 valence electrons. The van der Waals surface area contributed by atoms with Crippen molar-refractivity contribution in [2.75, 3.05) is 7.11 Å². The van der Waals surface area contributed by atoms with E-state index in [0.29, 0.717) is 16.7 Å². The zero-order valence-corrected chi connectivity index (χ0v) is 9.64. The van der Waals surface area contributed by atoms with Crippen LogP contribution < -0.4 is 21.7 Å². The Kier molecular flexibility index (Phi) is 2.72. The molecule has 1 aromatic carbocycles. The van der Waals surface area contributed by atoms with Crippen LogP contribution in [0.3, 0.4) is 0 Å². The number of ether oxygens (including phenoxy) is 1. The Hall–Kier alpha value is -2.08. The maximum absolute atomic E-state index is 12.0. The van der Waals surface area contributed by atoms with Crippen LogP contribution in [0.25, 0.3) is 10.9 Å². The quantitative estimate of drug-likeness (QED) is 0.770. The van der Waals surface area contributed by atoms with Crippen molar-refractivity contribution in [2.24, 2.45) is 12.8 Å². The van der Waals surface area contributed by atoms with Gasteiger partial charge in [-0.15, -0.1) is 0 Å². The Morgan fingerprint density at radius 2 is 2.06 bits per heavy atom. The van der Waals surface area contributed by atoms with Crippen LogP contribution in [0.4, 0.5) is 0 Å². The third-order valence-corrected chi connectivity index (χ3v) is 2.74. The van der Waals surface area contributed by atoms with E-state index < -0.39 is 5.69 Å². The number of hydrogen-bond acceptors (Lipinski definition) is 4. The number of rotatable bonds is 2. The summed E-state index contributed by atoms with van der Waals surface area (Å²) >= 11 is 0. The Morgan fingerprint density at radius 3 is 2.65 bits per heavy atom. The van der Waals surface area contributed by atoms with Gasteiger partial charge in [0.2, 0.25) is 0 Å². The topological polar surface area (TPSA) is 79.2 Å². The minimum atomic E-state index is -0.432. The molecule has 1 aromatic heterocycles. The van der Waals surface area contributed by atoms with Gasteiger partial charge in [0.05, 0.1) is 24.7 Å². The summed E-state index contributed by atoms with van der Waals surface area (Å²) in [7, 11) is 3.12. The number of nitrogens with two attached hydrogens (primary N) is 1. The molecular formula is C11H13N3O3. The van der Waals surface area contributed by atoms with E-state index in [2.05, 4.69) is 0 Å². The molecule has 0 spiro atoms. The number of benzene rings is 1. The minimum absolute atomic E-state index is 0.131. The number of hydrogen-bond donors (Lipinski definition) is 1. The lowest BCUT2D eigenvalue weighted by molar-refractivity contribution is 0.415. The summed E-state index contributed by atoms with van der Waals surface area (Å²) in [6, 6.07) is 4.95. The Bertz CT molecular complexity index is 685. The van der Waals surface area contributed by atoms with Gasteiger partial charge in [-0.1, -0.05) is 0 Å². The van der Waals surface area contributed by atoms with E-state index in [9.17, 15) is 9.59 Å². The monoisotopic (exact) mass is 235 g/mol. The minimum Gasteiger partial charge on any atom is -0.497 e. The molecule has 0 unspecified atom stereocenters. The number of nitrogens with zero attached hydrogens (tertiary/aromatic N) is 2. The van der Waals surface area contributed by atoms with Gasteiger partial charge in [0, 0.05) is 13.1 Å². The van der Waals surface area contributed by atoms with Crippen molar-refractivity contribution >= 4 is 10.9 Å². The number of aromatic nitrogens is 2. The predicted octanol–water partition coefficient (Wildman–Crippen LogP) is -0.375. The van der Waals surface area contributed by atoms with E-state index in [1.165, 1.54) is 11.7 Å². The molecule has 0 radical (unpaired) electrons. The first-order chi connectivity index (χ1) is 8.10. The maximum Gasteiger partial charge on any atom is 0.332 e.